The Bertz CT molecular complexity index is 446. The van der Waals surface area contributed by atoms with Gasteiger partial charge in [-0.1, -0.05) is 18.2 Å². The first kappa shape index (κ1) is 10.4. The summed E-state index contributed by atoms with van der Waals surface area (Å²) < 4.78 is 0. The molecule has 0 amide bonds. The molecule has 0 aliphatic rings. The van der Waals surface area contributed by atoms with Gasteiger partial charge < -0.3 is 5.11 Å². The minimum Gasteiger partial charge on any atom is -0.384 e. The summed E-state index contributed by atoms with van der Waals surface area (Å²) in [6, 6.07) is 8.06. The second kappa shape index (κ2) is 4.17. The van der Waals surface area contributed by atoms with Crippen LogP contribution in [0.4, 0.5) is 0 Å². The highest BCUT2D eigenvalue weighted by Crippen LogP contribution is 2.25. The molecule has 0 aliphatic heterocycles. The lowest BCUT2D eigenvalue weighted by Gasteiger charge is -2.11. The van der Waals surface area contributed by atoms with Gasteiger partial charge >= 0.3 is 0 Å². The zero-order chi connectivity index (χ0) is 10.8. The Morgan fingerprint density at radius 3 is 2.47 bits per heavy atom. The number of aryl methyl sites for hydroxylation is 2. The third-order valence-corrected chi connectivity index (χ3v) is 3.41. The maximum absolute atomic E-state index is 10.1. The van der Waals surface area contributed by atoms with E-state index < -0.39 is 6.10 Å². The summed E-state index contributed by atoms with van der Waals surface area (Å²) in [6.45, 7) is 4.15. The fraction of sp³-hybridized carbons (Fsp3) is 0.231. The Morgan fingerprint density at radius 2 is 1.87 bits per heavy atom. The van der Waals surface area contributed by atoms with Crippen LogP contribution >= 0.6 is 11.3 Å². The molecule has 1 heterocycles. The first-order valence-electron chi connectivity index (χ1n) is 4.96. The van der Waals surface area contributed by atoms with Crippen molar-refractivity contribution in [1.29, 1.82) is 0 Å². The Morgan fingerprint density at radius 1 is 1.07 bits per heavy atom. The third-order valence-electron chi connectivity index (χ3n) is 2.71. The summed E-state index contributed by atoms with van der Waals surface area (Å²) in [6.07, 6.45) is -0.490. The first-order valence-corrected chi connectivity index (χ1v) is 5.90. The SMILES string of the molecule is Cc1ccc(C(O)c2ccsc2)cc1C. The number of benzene rings is 1. The van der Waals surface area contributed by atoms with Gasteiger partial charge in [0.2, 0.25) is 0 Å². The minimum absolute atomic E-state index is 0.490. The van der Waals surface area contributed by atoms with Crippen molar-refractivity contribution in [2.24, 2.45) is 0 Å². The molecule has 1 N–H and O–H groups in total. The Labute approximate surface area is 94.0 Å². The van der Waals surface area contributed by atoms with E-state index in [9.17, 15) is 5.11 Å². The van der Waals surface area contributed by atoms with Gasteiger partial charge in [0, 0.05) is 0 Å². The molecule has 1 atom stereocenters. The van der Waals surface area contributed by atoms with Crippen LogP contribution in [0.25, 0.3) is 0 Å². The van der Waals surface area contributed by atoms with Crippen LogP contribution in [-0.4, -0.2) is 5.11 Å². The number of rotatable bonds is 2. The minimum atomic E-state index is -0.490. The smallest absolute Gasteiger partial charge is 0.105 e. The van der Waals surface area contributed by atoms with Crippen molar-refractivity contribution < 1.29 is 5.11 Å². The average molecular weight is 218 g/mol. The lowest BCUT2D eigenvalue weighted by atomic mass is 10.00. The zero-order valence-corrected chi connectivity index (χ0v) is 9.71. The molecule has 0 spiro atoms. The average Bonchev–Trinajstić information content (AvgIpc) is 2.74. The fourth-order valence-corrected chi connectivity index (χ4v) is 2.24. The van der Waals surface area contributed by atoms with Crippen molar-refractivity contribution in [2.75, 3.05) is 0 Å². The maximum Gasteiger partial charge on any atom is 0.105 e. The van der Waals surface area contributed by atoms with Crippen molar-refractivity contribution in [3.05, 3.63) is 57.3 Å². The van der Waals surface area contributed by atoms with Crippen LogP contribution in [0.2, 0.25) is 0 Å². The molecule has 1 aromatic heterocycles. The topological polar surface area (TPSA) is 20.2 Å². The number of aliphatic hydroxyl groups is 1. The van der Waals surface area contributed by atoms with E-state index in [0.29, 0.717) is 0 Å². The molecule has 0 fully saturated rings. The summed E-state index contributed by atoms with van der Waals surface area (Å²) in [7, 11) is 0. The van der Waals surface area contributed by atoms with E-state index in [1.54, 1.807) is 11.3 Å². The molecular formula is C13H14OS. The molecular weight excluding hydrogens is 204 g/mol. The van der Waals surface area contributed by atoms with Gasteiger partial charge in [-0.3, -0.25) is 0 Å². The molecule has 78 valence electrons. The highest BCUT2D eigenvalue weighted by atomic mass is 32.1. The molecule has 1 aromatic carbocycles. The Balaban J connectivity index is 2.34. The van der Waals surface area contributed by atoms with E-state index in [1.807, 2.05) is 22.9 Å². The largest absolute Gasteiger partial charge is 0.384 e. The quantitative estimate of drug-likeness (QED) is 0.818. The van der Waals surface area contributed by atoms with E-state index in [0.717, 1.165) is 11.1 Å². The van der Waals surface area contributed by atoms with Gasteiger partial charge in [-0.15, -0.1) is 0 Å². The van der Waals surface area contributed by atoms with Crippen molar-refractivity contribution in [2.45, 2.75) is 20.0 Å². The molecule has 0 radical (unpaired) electrons. The molecule has 0 saturated carbocycles. The van der Waals surface area contributed by atoms with Crippen molar-refractivity contribution in [1.82, 2.24) is 0 Å². The van der Waals surface area contributed by atoms with Gasteiger partial charge in [0.05, 0.1) is 0 Å². The van der Waals surface area contributed by atoms with E-state index in [2.05, 4.69) is 26.0 Å². The summed E-state index contributed by atoms with van der Waals surface area (Å²) in [5.41, 5.74) is 4.43. The van der Waals surface area contributed by atoms with Crippen LogP contribution in [0.15, 0.2) is 35.0 Å². The lowest BCUT2D eigenvalue weighted by Crippen LogP contribution is -1.98. The predicted octanol–water partition coefficient (Wildman–Crippen LogP) is 3.45. The van der Waals surface area contributed by atoms with E-state index in [-0.39, 0.29) is 0 Å². The van der Waals surface area contributed by atoms with Crippen LogP contribution in [0, 0.1) is 13.8 Å². The van der Waals surface area contributed by atoms with Crippen LogP contribution in [0.1, 0.15) is 28.4 Å². The van der Waals surface area contributed by atoms with E-state index in [1.165, 1.54) is 11.1 Å². The van der Waals surface area contributed by atoms with Gasteiger partial charge in [0.1, 0.15) is 6.10 Å². The summed E-state index contributed by atoms with van der Waals surface area (Å²) in [4.78, 5) is 0. The summed E-state index contributed by atoms with van der Waals surface area (Å²) >= 11 is 1.61. The Hall–Kier alpha value is -1.12. The molecule has 2 aromatic rings. The molecule has 1 unspecified atom stereocenters. The van der Waals surface area contributed by atoms with Crippen LogP contribution < -0.4 is 0 Å². The lowest BCUT2D eigenvalue weighted by molar-refractivity contribution is 0.221. The first-order chi connectivity index (χ1) is 7.18. The van der Waals surface area contributed by atoms with Crippen LogP contribution in [-0.2, 0) is 0 Å². The van der Waals surface area contributed by atoms with Crippen molar-refractivity contribution in [3.8, 4) is 0 Å². The molecule has 0 saturated heterocycles. The highest BCUT2D eigenvalue weighted by molar-refractivity contribution is 7.07. The van der Waals surface area contributed by atoms with Gasteiger partial charge in [-0.2, -0.15) is 11.3 Å². The second-order valence-electron chi connectivity index (χ2n) is 3.80. The van der Waals surface area contributed by atoms with Gasteiger partial charge in [0.15, 0.2) is 0 Å². The molecule has 0 bridgehead atoms. The van der Waals surface area contributed by atoms with E-state index in [4.69, 9.17) is 0 Å². The van der Waals surface area contributed by atoms with Gasteiger partial charge in [0.25, 0.3) is 0 Å². The number of hydrogen-bond acceptors (Lipinski definition) is 2. The van der Waals surface area contributed by atoms with Crippen LogP contribution in [0.5, 0.6) is 0 Å². The van der Waals surface area contributed by atoms with E-state index >= 15 is 0 Å². The fourth-order valence-electron chi connectivity index (χ4n) is 1.56. The van der Waals surface area contributed by atoms with Crippen molar-refractivity contribution >= 4 is 11.3 Å². The molecule has 2 rings (SSSR count). The van der Waals surface area contributed by atoms with Crippen molar-refractivity contribution in [3.63, 3.8) is 0 Å². The normalized spacial score (nSPS) is 12.7. The summed E-state index contributed by atoms with van der Waals surface area (Å²) in [5, 5.41) is 14.1. The zero-order valence-electron chi connectivity index (χ0n) is 8.90. The Kier molecular flexibility index (Phi) is 2.89. The molecule has 1 nitrogen and oxygen atoms in total. The standard InChI is InChI=1S/C13H14OS/c1-9-3-4-11(7-10(9)2)13(14)12-5-6-15-8-12/h3-8,13-14H,1-2H3. The predicted molar refractivity (Wildman–Crippen MR) is 64.3 cm³/mol. The van der Waals surface area contributed by atoms with Gasteiger partial charge in [-0.25, -0.2) is 0 Å². The summed E-state index contributed by atoms with van der Waals surface area (Å²) in [5.74, 6) is 0. The second-order valence-corrected chi connectivity index (χ2v) is 4.58. The monoisotopic (exact) mass is 218 g/mol. The highest BCUT2D eigenvalue weighted by Gasteiger charge is 2.10. The molecule has 2 heteroatoms. The number of aliphatic hydroxyl groups excluding tert-OH is 1. The number of thiophene rings is 1. The molecule has 0 aliphatic carbocycles. The number of hydrogen-bond donors (Lipinski definition) is 1. The third kappa shape index (κ3) is 2.11. The van der Waals surface area contributed by atoms with Gasteiger partial charge in [-0.05, 0) is 52.9 Å². The maximum atomic E-state index is 10.1. The molecule has 15 heavy (non-hydrogen) atoms. The van der Waals surface area contributed by atoms with Crippen LogP contribution in [0.3, 0.4) is 0 Å².